The monoisotopic (exact) mass is 267 g/mol. The minimum atomic E-state index is -4.53. The second-order valence-electron chi connectivity index (χ2n) is 4.25. The molecule has 0 saturated carbocycles. The molecule has 0 atom stereocenters. The summed E-state index contributed by atoms with van der Waals surface area (Å²) in [5.41, 5.74) is 4.14. The molecule has 0 saturated heterocycles. The summed E-state index contributed by atoms with van der Waals surface area (Å²) in [5, 5.41) is -0.0216. The predicted octanol–water partition coefficient (Wildman–Crippen LogP) is 3.56. The Labute approximate surface area is 103 Å². The first-order valence-corrected chi connectivity index (χ1v) is 5.19. The maximum absolute atomic E-state index is 12.8. The highest BCUT2D eigenvalue weighted by molar-refractivity contribution is 6.30. The largest absolute Gasteiger partial charge is 0.496 e. The second kappa shape index (κ2) is 4.38. The summed E-state index contributed by atoms with van der Waals surface area (Å²) in [6.45, 7) is 3.17. The molecule has 0 heterocycles. The summed E-state index contributed by atoms with van der Waals surface area (Å²) < 4.78 is 43.2. The zero-order chi connectivity index (χ0) is 13.4. The van der Waals surface area contributed by atoms with E-state index in [1.165, 1.54) is 13.2 Å². The molecule has 1 rings (SSSR count). The van der Waals surface area contributed by atoms with Crippen molar-refractivity contribution in [2.24, 2.45) is 5.73 Å². The number of rotatable bonds is 2. The zero-order valence-electron chi connectivity index (χ0n) is 9.65. The van der Waals surface area contributed by atoms with Gasteiger partial charge in [0.25, 0.3) is 0 Å². The molecule has 1 aromatic rings. The number of methoxy groups -OCH3 is 1. The lowest BCUT2D eigenvalue weighted by Gasteiger charge is -2.25. The van der Waals surface area contributed by atoms with Crippen LogP contribution in [0.1, 0.15) is 25.0 Å². The highest BCUT2D eigenvalue weighted by atomic mass is 35.5. The van der Waals surface area contributed by atoms with Crippen molar-refractivity contribution in [3.05, 3.63) is 28.3 Å². The van der Waals surface area contributed by atoms with Crippen molar-refractivity contribution in [2.45, 2.75) is 25.6 Å². The van der Waals surface area contributed by atoms with Gasteiger partial charge < -0.3 is 10.5 Å². The summed E-state index contributed by atoms with van der Waals surface area (Å²) in [7, 11) is 1.17. The van der Waals surface area contributed by atoms with Crippen LogP contribution in [-0.2, 0) is 11.7 Å². The van der Waals surface area contributed by atoms with Gasteiger partial charge >= 0.3 is 6.18 Å². The quantitative estimate of drug-likeness (QED) is 0.889. The van der Waals surface area contributed by atoms with Gasteiger partial charge in [-0.15, -0.1) is 0 Å². The number of ether oxygens (including phenoxy) is 1. The summed E-state index contributed by atoms with van der Waals surface area (Å²) in [5.74, 6) is -0.283. The Morgan fingerprint density at radius 2 is 1.65 bits per heavy atom. The Hall–Kier alpha value is -0.940. The molecule has 2 N–H and O–H groups in total. The average molecular weight is 268 g/mol. The van der Waals surface area contributed by atoms with E-state index in [-0.39, 0.29) is 16.3 Å². The molecule has 0 spiro atoms. The SMILES string of the molecule is COc1c(C(C)(C)N)cc(Cl)cc1C(F)(F)F. The first-order chi connectivity index (χ1) is 7.57. The molecule has 0 aliphatic heterocycles. The van der Waals surface area contributed by atoms with Crippen LogP contribution in [0.5, 0.6) is 5.75 Å². The smallest absolute Gasteiger partial charge is 0.420 e. The summed E-state index contributed by atoms with van der Waals surface area (Å²) in [4.78, 5) is 0. The Morgan fingerprint density at radius 3 is 2.00 bits per heavy atom. The van der Waals surface area contributed by atoms with Gasteiger partial charge in [-0.1, -0.05) is 11.6 Å². The Kier molecular flexibility index (Phi) is 3.64. The molecule has 0 unspecified atom stereocenters. The van der Waals surface area contributed by atoms with E-state index >= 15 is 0 Å². The van der Waals surface area contributed by atoms with Crippen LogP contribution in [0.2, 0.25) is 5.02 Å². The van der Waals surface area contributed by atoms with Crippen LogP contribution in [0.25, 0.3) is 0 Å². The van der Waals surface area contributed by atoms with Gasteiger partial charge in [0, 0.05) is 16.1 Å². The van der Waals surface area contributed by atoms with Gasteiger partial charge in [-0.3, -0.25) is 0 Å². The summed E-state index contributed by atoms with van der Waals surface area (Å²) in [6, 6.07) is 2.21. The molecule has 17 heavy (non-hydrogen) atoms. The number of hydrogen-bond acceptors (Lipinski definition) is 2. The predicted molar refractivity (Wildman–Crippen MR) is 60.2 cm³/mol. The Morgan fingerprint density at radius 1 is 1.18 bits per heavy atom. The fraction of sp³-hybridized carbons (Fsp3) is 0.455. The van der Waals surface area contributed by atoms with E-state index in [9.17, 15) is 13.2 Å². The first-order valence-electron chi connectivity index (χ1n) is 4.81. The van der Waals surface area contributed by atoms with Crippen LogP contribution < -0.4 is 10.5 Å². The summed E-state index contributed by atoms with van der Waals surface area (Å²) >= 11 is 5.68. The fourth-order valence-electron chi connectivity index (χ4n) is 1.50. The standard InChI is InChI=1S/C11H13ClF3NO/c1-10(2,16)7-4-6(12)5-8(9(7)17-3)11(13,14)15/h4-5H,16H2,1-3H3. The molecule has 0 aliphatic rings. The lowest BCUT2D eigenvalue weighted by Crippen LogP contribution is -2.30. The van der Waals surface area contributed by atoms with Crippen molar-refractivity contribution >= 4 is 11.6 Å². The summed E-state index contributed by atoms with van der Waals surface area (Å²) in [6.07, 6.45) is -4.53. The van der Waals surface area contributed by atoms with Gasteiger partial charge in [0.05, 0.1) is 12.7 Å². The minimum Gasteiger partial charge on any atom is -0.496 e. The van der Waals surface area contributed by atoms with Crippen molar-refractivity contribution in [3.8, 4) is 5.75 Å². The Balaban J connectivity index is 3.58. The van der Waals surface area contributed by atoms with E-state index in [4.69, 9.17) is 22.1 Å². The van der Waals surface area contributed by atoms with Gasteiger partial charge in [0.1, 0.15) is 5.75 Å². The van der Waals surface area contributed by atoms with Crippen molar-refractivity contribution < 1.29 is 17.9 Å². The number of benzene rings is 1. The number of hydrogen-bond donors (Lipinski definition) is 1. The van der Waals surface area contributed by atoms with Gasteiger partial charge in [0.2, 0.25) is 0 Å². The molecule has 1 aromatic carbocycles. The highest BCUT2D eigenvalue weighted by Gasteiger charge is 2.37. The van der Waals surface area contributed by atoms with E-state index in [2.05, 4.69) is 0 Å². The molecule has 0 bridgehead atoms. The molecular formula is C11H13ClF3NO. The molecule has 96 valence electrons. The second-order valence-corrected chi connectivity index (χ2v) is 4.69. The third-order valence-electron chi connectivity index (χ3n) is 2.26. The normalized spacial score (nSPS) is 12.7. The molecule has 6 heteroatoms. The molecular weight excluding hydrogens is 255 g/mol. The fourth-order valence-corrected chi connectivity index (χ4v) is 1.72. The Bertz CT molecular complexity index is 389. The van der Waals surface area contributed by atoms with Gasteiger partial charge in [0.15, 0.2) is 0 Å². The van der Waals surface area contributed by atoms with Crippen molar-refractivity contribution in [2.75, 3.05) is 7.11 Å². The van der Waals surface area contributed by atoms with Crippen molar-refractivity contribution in [3.63, 3.8) is 0 Å². The van der Waals surface area contributed by atoms with Gasteiger partial charge in [-0.25, -0.2) is 0 Å². The third kappa shape index (κ3) is 3.04. The van der Waals surface area contributed by atoms with E-state index in [0.717, 1.165) is 6.07 Å². The molecule has 2 nitrogen and oxygen atoms in total. The number of nitrogens with two attached hydrogens (primary N) is 1. The maximum atomic E-state index is 12.8. The van der Waals surface area contributed by atoms with E-state index in [0.29, 0.717) is 0 Å². The topological polar surface area (TPSA) is 35.2 Å². The lowest BCUT2D eigenvalue weighted by atomic mass is 9.92. The van der Waals surface area contributed by atoms with E-state index in [1.807, 2.05) is 0 Å². The van der Waals surface area contributed by atoms with Crippen LogP contribution in [0.3, 0.4) is 0 Å². The van der Waals surface area contributed by atoms with Crippen LogP contribution >= 0.6 is 11.6 Å². The molecule has 0 amide bonds. The van der Waals surface area contributed by atoms with Crippen LogP contribution in [0.15, 0.2) is 12.1 Å². The lowest BCUT2D eigenvalue weighted by molar-refractivity contribution is -0.138. The molecule has 0 radical (unpaired) electrons. The van der Waals surface area contributed by atoms with Gasteiger partial charge in [-0.05, 0) is 26.0 Å². The zero-order valence-corrected chi connectivity index (χ0v) is 10.4. The van der Waals surface area contributed by atoms with Crippen LogP contribution in [-0.4, -0.2) is 7.11 Å². The maximum Gasteiger partial charge on any atom is 0.420 e. The van der Waals surface area contributed by atoms with Crippen molar-refractivity contribution in [1.82, 2.24) is 0 Å². The molecule has 0 fully saturated rings. The van der Waals surface area contributed by atoms with Crippen LogP contribution in [0, 0.1) is 0 Å². The first kappa shape index (κ1) is 14.1. The number of halogens is 4. The van der Waals surface area contributed by atoms with E-state index < -0.39 is 17.3 Å². The third-order valence-corrected chi connectivity index (χ3v) is 2.48. The molecule has 0 aliphatic carbocycles. The van der Waals surface area contributed by atoms with E-state index in [1.54, 1.807) is 13.8 Å². The van der Waals surface area contributed by atoms with Crippen LogP contribution in [0.4, 0.5) is 13.2 Å². The average Bonchev–Trinajstić information content (AvgIpc) is 2.13. The minimum absolute atomic E-state index is 0.0216. The van der Waals surface area contributed by atoms with Gasteiger partial charge in [-0.2, -0.15) is 13.2 Å². The number of alkyl halides is 3. The van der Waals surface area contributed by atoms with Crippen molar-refractivity contribution in [1.29, 1.82) is 0 Å². The highest BCUT2D eigenvalue weighted by Crippen LogP contribution is 2.42. The molecule has 0 aromatic heterocycles.